The second-order valence-corrected chi connectivity index (χ2v) is 10.8. The molecule has 7 nitrogen and oxygen atoms in total. The third-order valence-electron chi connectivity index (χ3n) is 5.34. The number of fused-ring (bicyclic) bond motifs is 1. The van der Waals surface area contributed by atoms with Crippen LogP contribution in [0, 0.1) is 11.3 Å². The summed E-state index contributed by atoms with van der Waals surface area (Å²) in [7, 11) is 0. The van der Waals surface area contributed by atoms with Crippen LogP contribution in [-0.2, 0) is 17.6 Å². The number of carbonyl (C=O) groups excluding carboxylic acids is 1. The number of thiophene rings is 1. The smallest absolute Gasteiger partial charge is 0.235 e. The third-order valence-corrected chi connectivity index (χ3v) is 7.92. The van der Waals surface area contributed by atoms with E-state index in [2.05, 4.69) is 37.5 Å². The first-order valence-electron chi connectivity index (χ1n) is 10.7. The van der Waals surface area contributed by atoms with Crippen LogP contribution >= 0.6 is 39.0 Å². The van der Waals surface area contributed by atoms with E-state index >= 15 is 0 Å². The van der Waals surface area contributed by atoms with Crippen LogP contribution in [0.5, 0.6) is 0 Å². The van der Waals surface area contributed by atoms with Crippen LogP contribution < -0.4 is 5.32 Å². The summed E-state index contributed by atoms with van der Waals surface area (Å²) in [5.74, 6) is 1.27. The average Bonchev–Trinajstić information content (AvgIpc) is 3.43. The van der Waals surface area contributed by atoms with Crippen molar-refractivity contribution in [2.24, 2.45) is 0 Å². The number of halogens is 1. The van der Waals surface area contributed by atoms with E-state index in [-0.39, 0.29) is 17.7 Å². The van der Waals surface area contributed by atoms with Crippen molar-refractivity contribution in [3.05, 3.63) is 32.8 Å². The van der Waals surface area contributed by atoms with E-state index in [1.807, 2.05) is 30.5 Å². The van der Waals surface area contributed by atoms with Crippen LogP contribution in [0.15, 0.2) is 26.4 Å². The fourth-order valence-electron chi connectivity index (χ4n) is 3.86. The molecular formula is C22H24BrN5O2S2. The monoisotopic (exact) mass is 533 g/mol. The molecule has 0 fully saturated rings. The van der Waals surface area contributed by atoms with Gasteiger partial charge in [-0.05, 0) is 73.2 Å². The molecule has 168 valence electrons. The predicted molar refractivity (Wildman–Crippen MR) is 130 cm³/mol. The normalized spacial score (nSPS) is 14.0. The van der Waals surface area contributed by atoms with E-state index in [4.69, 9.17) is 4.42 Å². The first-order valence-corrected chi connectivity index (χ1v) is 13.2. The predicted octanol–water partition coefficient (Wildman–Crippen LogP) is 6.20. The number of thioether (sulfide) groups is 1. The number of nitriles is 1. The van der Waals surface area contributed by atoms with Gasteiger partial charge >= 0.3 is 0 Å². The molecule has 0 aromatic carbocycles. The lowest BCUT2D eigenvalue weighted by molar-refractivity contribution is -0.113. The van der Waals surface area contributed by atoms with E-state index in [0.717, 1.165) is 31.2 Å². The highest BCUT2D eigenvalue weighted by Gasteiger charge is 2.22. The molecule has 1 N–H and O–H groups in total. The zero-order valence-corrected chi connectivity index (χ0v) is 21.2. The summed E-state index contributed by atoms with van der Waals surface area (Å²) in [5.41, 5.74) is 1.77. The number of hydrogen-bond donors (Lipinski definition) is 1. The van der Waals surface area contributed by atoms with Crippen molar-refractivity contribution >= 4 is 49.9 Å². The average molecular weight is 535 g/mol. The zero-order chi connectivity index (χ0) is 22.7. The molecule has 0 saturated carbocycles. The summed E-state index contributed by atoms with van der Waals surface area (Å²) in [5, 5.41) is 22.6. The van der Waals surface area contributed by atoms with Crippen molar-refractivity contribution in [3.63, 3.8) is 0 Å². The van der Waals surface area contributed by atoms with E-state index in [1.54, 1.807) is 11.3 Å². The van der Waals surface area contributed by atoms with Gasteiger partial charge in [0.1, 0.15) is 11.1 Å². The summed E-state index contributed by atoms with van der Waals surface area (Å²) < 4.78 is 8.22. The molecule has 0 radical (unpaired) electrons. The lowest BCUT2D eigenvalue weighted by atomic mass is 9.97. The first kappa shape index (κ1) is 23.1. The van der Waals surface area contributed by atoms with E-state index in [1.165, 1.54) is 29.5 Å². The molecule has 3 aromatic heterocycles. The largest absolute Gasteiger partial charge is 0.446 e. The molecule has 3 aromatic rings. The Bertz CT molecular complexity index is 1160. The highest BCUT2D eigenvalue weighted by atomic mass is 79.9. The molecular weight excluding hydrogens is 510 g/mol. The van der Waals surface area contributed by atoms with Crippen LogP contribution in [-0.4, -0.2) is 26.4 Å². The lowest BCUT2D eigenvalue weighted by Gasteiger charge is -2.12. The molecule has 4 rings (SSSR count). The second-order valence-electron chi connectivity index (χ2n) is 7.94. The van der Waals surface area contributed by atoms with Crippen molar-refractivity contribution in [3.8, 4) is 17.7 Å². The van der Waals surface area contributed by atoms with Gasteiger partial charge in [-0.15, -0.1) is 21.5 Å². The van der Waals surface area contributed by atoms with Gasteiger partial charge in [0.05, 0.1) is 11.3 Å². The summed E-state index contributed by atoms with van der Waals surface area (Å²) in [4.78, 5) is 14.0. The number of anilines is 1. The standard InChI is InChI=1S/C22H24BrN5O2S2/c1-13(2)28-20(16-9-10-18(23)30-16)26-27-22(28)31-12-19(29)25-21-15(11-24)14-7-5-3-4-6-8-17(14)32-21/h9-10,13H,3-8,12H2,1-2H3,(H,25,29). The van der Waals surface area contributed by atoms with Gasteiger partial charge in [0.25, 0.3) is 0 Å². The van der Waals surface area contributed by atoms with E-state index in [9.17, 15) is 10.1 Å². The number of amides is 1. The number of furan rings is 1. The number of rotatable bonds is 6. The minimum atomic E-state index is -0.152. The van der Waals surface area contributed by atoms with E-state index in [0.29, 0.717) is 32.0 Å². The van der Waals surface area contributed by atoms with Gasteiger partial charge in [-0.3, -0.25) is 9.36 Å². The molecule has 0 aliphatic heterocycles. The number of nitrogens with one attached hydrogen (secondary N) is 1. The molecule has 1 amide bonds. The van der Waals surface area contributed by atoms with Crippen LogP contribution in [0.4, 0.5) is 5.00 Å². The van der Waals surface area contributed by atoms with Crippen molar-refractivity contribution < 1.29 is 9.21 Å². The van der Waals surface area contributed by atoms with Crippen LogP contribution in [0.3, 0.4) is 0 Å². The quantitative estimate of drug-likeness (QED) is 0.378. The summed E-state index contributed by atoms with van der Waals surface area (Å²) in [6, 6.07) is 6.07. The Labute approximate surface area is 203 Å². The Balaban J connectivity index is 1.48. The SMILES string of the molecule is CC(C)n1c(SCC(=O)Nc2sc3c(c2C#N)CCCCCC3)nnc1-c1ccc(Br)o1. The first-order chi connectivity index (χ1) is 15.5. The van der Waals surface area contributed by atoms with Crippen molar-refractivity contribution in [2.45, 2.75) is 63.6 Å². The molecule has 1 aliphatic rings. The number of aryl methyl sites for hydroxylation is 1. The van der Waals surface area contributed by atoms with Crippen LogP contribution in [0.25, 0.3) is 11.6 Å². The molecule has 0 spiro atoms. The van der Waals surface area contributed by atoms with Gasteiger partial charge in [0.15, 0.2) is 15.6 Å². The molecule has 0 atom stereocenters. The molecule has 1 aliphatic carbocycles. The fraction of sp³-hybridized carbons (Fsp3) is 0.455. The fourth-order valence-corrected chi connectivity index (χ4v) is 6.29. The Morgan fingerprint density at radius 3 is 2.78 bits per heavy atom. The van der Waals surface area contributed by atoms with Gasteiger partial charge in [0.2, 0.25) is 11.7 Å². The molecule has 32 heavy (non-hydrogen) atoms. The highest BCUT2D eigenvalue weighted by molar-refractivity contribution is 9.10. The van der Waals surface area contributed by atoms with Gasteiger partial charge in [0, 0.05) is 10.9 Å². The Morgan fingerprint density at radius 2 is 2.09 bits per heavy atom. The van der Waals surface area contributed by atoms with Crippen LogP contribution in [0.2, 0.25) is 0 Å². The van der Waals surface area contributed by atoms with Crippen molar-refractivity contribution in [1.82, 2.24) is 14.8 Å². The maximum atomic E-state index is 12.7. The summed E-state index contributed by atoms with van der Waals surface area (Å²) in [6.07, 6.45) is 6.57. The van der Waals surface area contributed by atoms with Gasteiger partial charge in [-0.25, -0.2) is 0 Å². The van der Waals surface area contributed by atoms with Crippen molar-refractivity contribution in [1.29, 1.82) is 5.26 Å². The highest BCUT2D eigenvalue weighted by Crippen LogP contribution is 2.37. The molecule has 0 saturated heterocycles. The topological polar surface area (TPSA) is 96.7 Å². The Hall–Kier alpha value is -2.09. The Morgan fingerprint density at radius 1 is 1.31 bits per heavy atom. The lowest BCUT2D eigenvalue weighted by Crippen LogP contribution is -2.15. The molecule has 10 heteroatoms. The third kappa shape index (κ3) is 4.95. The summed E-state index contributed by atoms with van der Waals surface area (Å²) in [6.45, 7) is 4.07. The minimum absolute atomic E-state index is 0.0940. The molecule has 0 bridgehead atoms. The number of nitrogens with zero attached hydrogens (tertiary/aromatic N) is 4. The number of hydrogen-bond acceptors (Lipinski definition) is 7. The van der Waals surface area contributed by atoms with Crippen LogP contribution in [0.1, 0.15) is 61.6 Å². The second kappa shape index (κ2) is 10.2. The molecule has 0 unspecified atom stereocenters. The van der Waals surface area contributed by atoms with Gasteiger partial charge in [-0.2, -0.15) is 5.26 Å². The van der Waals surface area contributed by atoms with Gasteiger partial charge in [-0.1, -0.05) is 24.6 Å². The van der Waals surface area contributed by atoms with Crippen molar-refractivity contribution in [2.75, 3.05) is 11.1 Å². The number of aromatic nitrogens is 3. The molecule has 3 heterocycles. The maximum Gasteiger partial charge on any atom is 0.235 e. The number of carbonyl (C=O) groups is 1. The minimum Gasteiger partial charge on any atom is -0.446 e. The zero-order valence-electron chi connectivity index (χ0n) is 18.0. The van der Waals surface area contributed by atoms with E-state index < -0.39 is 0 Å². The maximum absolute atomic E-state index is 12.7. The van der Waals surface area contributed by atoms with Gasteiger partial charge < -0.3 is 9.73 Å². The summed E-state index contributed by atoms with van der Waals surface area (Å²) >= 11 is 6.20. The Kier molecular flexibility index (Phi) is 7.38.